The third-order valence-electron chi connectivity index (χ3n) is 3.40. The molecule has 0 unspecified atom stereocenters. The van der Waals surface area contributed by atoms with E-state index >= 15 is 0 Å². The van der Waals surface area contributed by atoms with E-state index in [2.05, 4.69) is 10.2 Å². The van der Waals surface area contributed by atoms with Gasteiger partial charge in [0, 0.05) is 10.6 Å². The number of benzene rings is 2. The van der Waals surface area contributed by atoms with E-state index in [4.69, 9.17) is 32.4 Å². The molecule has 1 atom stereocenters. The molecule has 0 aliphatic heterocycles. The van der Waals surface area contributed by atoms with Crippen LogP contribution in [0.2, 0.25) is 10.0 Å². The van der Waals surface area contributed by atoms with Gasteiger partial charge < -0.3 is 9.15 Å². The predicted octanol–water partition coefficient (Wildman–Crippen LogP) is 5.32. The molecule has 2 aromatic carbocycles. The van der Waals surface area contributed by atoms with E-state index in [0.29, 0.717) is 26.6 Å². The summed E-state index contributed by atoms with van der Waals surface area (Å²) < 4.78 is 11.1. The number of nitrogens with zero attached hydrogens (tertiary/aromatic N) is 2. The maximum Gasteiger partial charge on any atom is 0.277 e. The minimum Gasteiger partial charge on any atom is -0.482 e. The Bertz CT molecular complexity index is 902. The number of carbonyl (C=O) groups is 1. The van der Waals surface area contributed by atoms with Crippen LogP contribution in [-0.2, 0) is 6.61 Å². The highest BCUT2D eigenvalue weighted by Crippen LogP contribution is 2.29. The van der Waals surface area contributed by atoms with Gasteiger partial charge in [0.05, 0.1) is 10.3 Å². The normalized spacial score (nSPS) is 12.0. The standard InChI is InChI=1S/C18H14Cl2N2O3S/c1-11(17(23)12-5-3-2-4-6-12)26-18-22-21-16(25-18)10-24-15-8-7-13(19)9-14(15)20/h2-9,11H,10H2,1H3/t11-/m0/s1. The predicted molar refractivity (Wildman–Crippen MR) is 101 cm³/mol. The van der Waals surface area contributed by atoms with Crippen molar-refractivity contribution < 1.29 is 13.9 Å². The third kappa shape index (κ3) is 4.78. The number of ketones is 1. The molecule has 8 heteroatoms. The molecule has 26 heavy (non-hydrogen) atoms. The molecule has 0 bridgehead atoms. The van der Waals surface area contributed by atoms with Gasteiger partial charge in [-0.2, -0.15) is 0 Å². The van der Waals surface area contributed by atoms with Crippen molar-refractivity contribution in [2.45, 2.75) is 24.0 Å². The summed E-state index contributed by atoms with van der Waals surface area (Å²) in [5.74, 6) is 0.758. The summed E-state index contributed by atoms with van der Waals surface area (Å²) in [4.78, 5) is 12.4. The molecular weight excluding hydrogens is 395 g/mol. The van der Waals surface area contributed by atoms with Crippen molar-refractivity contribution in [2.24, 2.45) is 0 Å². The van der Waals surface area contributed by atoms with Crippen molar-refractivity contribution in [3.8, 4) is 5.75 Å². The van der Waals surface area contributed by atoms with Crippen molar-refractivity contribution in [3.63, 3.8) is 0 Å². The van der Waals surface area contributed by atoms with Gasteiger partial charge in [-0.25, -0.2) is 0 Å². The molecule has 0 radical (unpaired) electrons. The van der Waals surface area contributed by atoms with Crippen LogP contribution in [0.15, 0.2) is 58.2 Å². The van der Waals surface area contributed by atoms with Crippen LogP contribution in [0.1, 0.15) is 23.2 Å². The van der Waals surface area contributed by atoms with Crippen LogP contribution >= 0.6 is 35.0 Å². The van der Waals surface area contributed by atoms with Crippen LogP contribution in [0, 0.1) is 0 Å². The minimum absolute atomic E-state index is 0.000420. The summed E-state index contributed by atoms with van der Waals surface area (Å²) in [5, 5.41) is 8.74. The van der Waals surface area contributed by atoms with Crippen LogP contribution in [0.4, 0.5) is 0 Å². The second kappa shape index (κ2) is 8.58. The molecule has 3 aromatic rings. The lowest BCUT2D eigenvalue weighted by Gasteiger charge is -2.07. The zero-order chi connectivity index (χ0) is 18.5. The topological polar surface area (TPSA) is 65.2 Å². The molecule has 1 aromatic heterocycles. The number of carbonyl (C=O) groups excluding carboxylic acids is 1. The van der Waals surface area contributed by atoms with Crippen molar-refractivity contribution in [3.05, 3.63) is 70.0 Å². The maximum atomic E-state index is 12.4. The van der Waals surface area contributed by atoms with Gasteiger partial charge in [0.2, 0.25) is 0 Å². The van der Waals surface area contributed by atoms with E-state index in [0.717, 1.165) is 0 Å². The van der Waals surface area contributed by atoms with Gasteiger partial charge in [0.1, 0.15) is 5.75 Å². The lowest BCUT2D eigenvalue weighted by Crippen LogP contribution is -2.13. The SMILES string of the molecule is C[C@H](Sc1nnc(COc2ccc(Cl)cc2Cl)o1)C(=O)c1ccccc1. The second-order valence-electron chi connectivity index (χ2n) is 5.32. The molecule has 5 nitrogen and oxygen atoms in total. The average Bonchev–Trinajstić information content (AvgIpc) is 3.08. The Kier molecular flexibility index (Phi) is 6.19. The highest BCUT2D eigenvalue weighted by atomic mass is 35.5. The number of hydrogen-bond acceptors (Lipinski definition) is 6. The summed E-state index contributed by atoms with van der Waals surface area (Å²) in [6.07, 6.45) is 0. The molecule has 0 aliphatic rings. The van der Waals surface area contributed by atoms with Crippen LogP contribution in [0.5, 0.6) is 5.75 Å². The Balaban J connectivity index is 1.58. The first kappa shape index (κ1) is 18.8. The van der Waals surface area contributed by atoms with Gasteiger partial charge in [-0.1, -0.05) is 65.3 Å². The van der Waals surface area contributed by atoms with Gasteiger partial charge in [0.15, 0.2) is 12.4 Å². The van der Waals surface area contributed by atoms with E-state index < -0.39 is 0 Å². The Morgan fingerprint density at radius 1 is 1.19 bits per heavy atom. The van der Waals surface area contributed by atoms with Crippen molar-refractivity contribution in [1.82, 2.24) is 10.2 Å². The fourth-order valence-corrected chi connectivity index (χ4v) is 3.36. The maximum absolute atomic E-state index is 12.4. The number of rotatable bonds is 7. The van der Waals surface area contributed by atoms with E-state index in [1.54, 1.807) is 37.3 Å². The Hall–Kier alpha value is -2.02. The number of hydrogen-bond donors (Lipinski definition) is 0. The molecule has 0 fully saturated rings. The van der Waals surface area contributed by atoms with Crippen molar-refractivity contribution >= 4 is 40.7 Å². The van der Waals surface area contributed by atoms with Gasteiger partial charge in [-0.15, -0.1) is 10.2 Å². The molecule has 3 rings (SSSR count). The van der Waals surface area contributed by atoms with E-state index in [9.17, 15) is 4.79 Å². The number of Topliss-reactive ketones (excluding diaryl/α,β-unsaturated/α-hetero) is 1. The quantitative estimate of drug-likeness (QED) is 0.389. The molecule has 0 aliphatic carbocycles. The van der Waals surface area contributed by atoms with Crippen LogP contribution in [0.3, 0.4) is 0 Å². The number of aromatic nitrogens is 2. The van der Waals surface area contributed by atoms with E-state index in [-0.39, 0.29) is 23.5 Å². The summed E-state index contributed by atoms with van der Waals surface area (Å²) >= 11 is 13.1. The molecule has 1 heterocycles. The summed E-state index contributed by atoms with van der Waals surface area (Å²) in [6.45, 7) is 1.86. The van der Waals surface area contributed by atoms with Crippen LogP contribution in [-0.4, -0.2) is 21.2 Å². The molecule has 0 saturated heterocycles. The fourth-order valence-electron chi connectivity index (χ4n) is 2.12. The summed E-state index contributed by atoms with van der Waals surface area (Å²) in [6, 6.07) is 14.0. The zero-order valence-electron chi connectivity index (χ0n) is 13.7. The van der Waals surface area contributed by atoms with Gasteiger partial charge in [-0.05, 0) is 25.1 Å². The first-order chi connectivity index (χ1) is 12.5. The third-order valence-corrected chi connectivity index (χ3v) is 4.86. The lowest BCUT2D eigenvalue weighted by atomic mass is 10.1. The Morgan fingerprint density at radius 3 is 2.69 bits per heavy atom. The number of thioether (sulfide) groups is 1. The average molecular weight is 409 g/mol. The zero-order valence-corrected chi connectivity index (χ0v) is 16.0. The largest absolute Gasteiger partial charge is 0.482 e. The highest BCUT2D eigenvalue weighted by molar-refractivity contribution is 8.00. The van der Waals surface area contributed by atoms with Crippen molar-refractivity contribution in [1.29, 1.82) is 0 Å². The summed E-state index contributed by atoms with van der Waals surface area (Å²) in [7, 11) is 0. The molecule has 0 amide bonds. The highest BCUT2D eigenvalue weighted by Gasteiger charge is 2.19. The molecular formula is C18H14Cl2N2O3S. The van der Waals surface area contributed by atoms with Gasteiger partial charge >= 0.3 is 0 Å². The van der Waals surface area contributed by atoms with Gasteiger partial charge in [0.25, 0.3) is 11.1 Å². The van der Waals surface area contributed by atoms with Crippen LogP contribution < -0.4 is 4.74 Å². The van der Waals surface area contributed by atoms with E-state index in [1.165, 1.54) is 11.8 Å². The Labute approximate surface area is 164 Å². The smallest absolute Gasteiger partial charge is 0.277 e. The number of ether oxygens (including phenoxy) is 1. The fraction of sp³-hybridized carbons (Fsp3) is 0.167. The first-order valence-electron chi connectivity index (χ1n) is 7.69. The van der Waals surface area contributed by atoms with Gasteiger partial charge in [-0.3, -0.25) is 4.79 Å². The lowest BCUT2D eigenvalue weighted by molar-refractivity contribution is 0.0993. The minimum atomic E-state index is -0.350. The second-order valence-corrected chi connectivity index (χ2v) is 7.45. The first-order valence-corrected chi connectivity index (χ1v) is 9.32. The monoisotopic (exact) mass is 408 g/mol. The van der Waals surface area contributed by atoms with Crippen LogP contribution in [0.25, 0.3) is 0 Å². The molecule has 134 valence electrons. The Morgan fingerprint density at radius 2 is 1.96 bits per heavy atom. The van der Waals surface area contributed by atoms with E-state index in [1.807, 2.05) is 18.2 Å². The van der Waals surface area contributed by atoms with Crippen molar-refractivity contribution in [2.75, 3.05) is 0 Å². The molecule has 0 N–H and O–H groups in total. The molecule has 0 saturated carbocycles. The number of halogens is 2. The summed E-state index contributed by atoms with van der Waals surface area (Å²) in [5.41, 5.74) is 0.646. The molecule has 0 spiro atoms.